The maximum absolute atomic E-state index is 10.3. The van der Waals surface area contributed by atoms with Gasteiger partial charge in [-0.1, -0.05) is 10.4 Å². The van der Waals surface area contributed by atoms with Gasteiger partial charge in [0.15, 0.2) is 0 Å². The maximum atomic E-state index is 10.3. The average molecular weight is 188 g/mol. The molecule has 0 amide bonds. The van der Waals surface area contributed by atoms with Gasteiger partial charge in [0.1, 0.15) is 24.8 Å². The molecule has 0 aromatic carbocycles. The maximum Gasteiger partial charge on any atom is 0.123 e. The van der Waals surface area contributed by atoms with Gasteiger partial charge in [-0.25, -0.2) is 0 Å². The van der Waals surface area contributed by atoms with E-state index in [4.69, 9.17) is 4.74 Å². The highest BCUT2D eigenvalue weighted by atomic mass is 16.5. The van der Waals surface area contributed by atoms with Crippen LogP contribution in [0.1, 0.15) is 13.3 Å². The number of ether oxygens (including phenoxy) is 1. The van der Waals surface area contributed by atoms with Crippen molar-refractivity contribution >= 4 is 0 Å². The van der Waals surface area contributed by atoms with Crippen LogP contribution in [-0.4, -0.2) is 36.0 Å². The van der Waals surface area contributed by atoms with Crippen LogP contribution in [-0.2, 0) is 4.74 Å². The Morgan fingerprint density at radius 3 is 2.77 bits per heavy atom. The quantitative estimate of drug-likeness (QED) is 0.650. The molecule has 4 atom stereocenters. The Morgan fingerprint density at radius 1 is 1.54 bits per heavy atom. The number of hydrogen-bond donors (Lipinski definition) is 1. The molecule has 1 fully saturated rings. The van der Waals surface area contributed by atoms with Gasteiger partial charge < -0.3 is 9.84 Å². The van der Waals surface area contributed by atoms with Crippen molar-refractivity contribution in [2.24, 2.45) is 10.4 Å². The Morgan fingerprint density at radius 2 is 2.23 bits per heavy atom. The molecule has 4 unspecified atom stereocenters. The third-order valence-corrected chi connectivity index (χ3v) is 2.15. The molecule has 0 bridgehead atoms. The summed E-state index contributed by atoms with van der Waals surface area (Å²) in [7, 11) is 0. The highest BCUT2D eigenvalue weighted by molar-refractivity contribution is 4.89. The zero-order chi connectivity index (χ0) is 9.84. The van der Waals surface area contributed by atoms with Crippen LogP contribution in [0.3, 0.4) is 0 Å². The molecule has 0 spiro atoms. The zero-order valence-corrected chi connectivity index (χ0v) is 7.29. The van der Waals surface area contributed by atoms with Gasteiger partial charge in [-0.15, -0.1) is 0 Å². The minimum absolute atomic E-state index is 0.141. The summed E-state index contributed by atoms with van der Waals surface area (Å²) in [5, 5.41) is 14.9. The first kappa shape index (κ1) is 10.2. The van der Waals surface area contributed by atoms with Gasteiger partial charge in [-0.05, 0) is 6.92 Å². The molecule has 1 heterocycles. The lowest BCUT2D eigenvalue weighted by atomic mass is 9.97. The number of hydrogen-bond acceptors (Lipinski definition) is 6. The predicted octanol–water partition coefficient (Wildman–Crippen LogP) is 0.426. The van der Waals surface area contributed by atoms with Gasteiger partial charge in [0.05, 0.1) is 6.10 Å². The summed E-state index contributed by atoms with van der Waals surface area (Å²) in [6, 6.07) is -0.685. The Kier molecular flexibility index (Phi) is 3.44. The highest BCUT2D eigenvalue weighted by Crippen LogP contribution is 2.22. The van der Waals surface area contributed by atoms with Crippen molar-refractivity contribution in [3.8, 4) is 0 Å². The van der Waals surface area contributed by atoms with Crippen molar-refractivity contribution in [3.63, 3.8) is 0 Å². The largest absolute Gasteiger partial charge is 0.388 e. The lowest BCUT2D eigenvalue weighted by molar-refractivity contribution is -0.114. The van der Waals surface area contributed by atoms with Crippen molar-refractivity contribution in [3.05, 3.63) is 9.81 Å². The molecule has 0 aliphatic carbocycles. The van der Waals surface area contributed by atoms with E-state index in [0.29, 0.717) is 6.42 Å². The molecular formula is C7H12N2O4. The minimum Gasteiger partial charge on any atom is -0.388 e. The lowest BCUT2D eigenvalue weighted by Crippen LogP contribution is -2.47. The van der Waals surface area contributed by atoms with Crippen LogP contribution in [0.15, 0.2) is 10.4 Å². The van der Waals surface area contributed by atoms with E-state index in [-0.39, 0.29) is 12.6 Å². The Bertz CT molecular complexity index is 199. The molecule has 0 aromatic heterocycles. The van der Waals surface area contributed by atoms with Crippen molar-refractivity contribution < 1.29 is 9.84 Å². The Labute approximate surface area is 75.2 Å². The van der Waals surface area contributed by atoms with E-state index in [0.717, 1.165) is 0 Å². The zero-order valence-electron chi connectivity index (χ0n) is 7.29. The summed E-state index contributed by atoms with van der Waals surface area (Å²) in [6.45, 7) is 1.62. The fourth-order valence-corrected chi connectivity index (χ4v) is 1.49. The molecule has 0 aromatic rings. The number of nitroso groups, excluding NO2 is 2. The van der Waals surface area contributed by atoms with E-state index < -0.39 is 18.2 Å². The van der Waals surface area contributed by atoms with Gasteiger partial charge >= 0.3 is 0 Å². The minimum atomic E-state index is -1.01. The molecule has 1 rings (SSSR count). The van der Waals surface area contributed by atoms with Crippen LogP contribution >= 0.6 is 0 Å². The van der Waals surface area contributed by atoms with Gasteiger partial charge in [-0.3, -0.25) is 0 Å². The van der Waals surface area contributed by atoms with Gasteiger partial charge in [0, 0.05) is 6.42 Å². The summed E-state index contributed by atoms with van der Waals surface area (Å²) < 4.78 is 5.23. The SMILES string of the molecule is CC1CC(N=O)C(O)C(CN=O)O1. The molecule has 0 radical (unpaired) electrons. The van der Waals surface area contributed by atoms with Crippen molar-refractivity contribution in [2.45, 2.75) is 37.7 Å². The average Bonchev–Trinajstić information content (AvgIpc) is 2.11. The summed E-state index contributed by atoms with van der Waals surface area (Å²) in [5.41, 5.74) is 0. The molecule has 1 N–H and O–H groups in total. The second-order valence-electron chi connectivity index (χ2n) is 3.20. The molecule has 1 aliphatic rings. The standard InChI is InChI=1S/C7H12N2O4/c1-4-2-5(9-12)7(10)6(13-4)3-8-11/h4-7,10H,2-3H2,1H3. The molecule has 74 valence electrons. The number of rotatable bonds is 3. The molecule has 0 saturated carbocycles. The number of aliphatic hydroxyl groups excluding tert-OH is 1. The van der Waals surface area contributed by atoms with E-state index in [1.165, 1.54) is 0 Å². The topological polar surface area (TPSA) is 88.3 Å². The first-order chi connectivity index (χ1) is 6.19. The molecule has 1 aliphatic heterocycles. The summed E-state index contributed by atoms with van der Waals surface area (Å²) >= 11 is 0. The Balaban J connectivity index is 2.62. The van der Waals surface area contributed by atoms with Crippen molar-refractivity contribution in [1.29, 1.82) is 0 Å². The normalized spacial score (nSPS) is 39.8. The smallest absolute Gasteiger partial charge is 0.123 e. The van der Waals surface area contributed by atoms with Crippen LogP contribution < -0.4 is 0 Å². The van der Waals surface area contributed by atoms with Gasteiger partial charge in [0.2, 0.25) is 0 Å². The summed E-state index contributed by atoms with van der Waals surface area (Å²) in [6.07, 6.45) is -1.48. The van der Waals surface area contributed by atoms with E-state index in [2.05, 4.69) is 10.4 Å². The second-order valence-corrected chi connectivity index (χ2v) is 3.20. The summed E-state index contributed by atoms with van der Waals surface area (Å²) in [5.74, 6) is 0. The monoisotopic (exact) mass is 188 g/mol. The first-order valence-electron chi connectivity index (χ1n) is 4.14. The van der Waals surface area contributed by atoms with Crippen LogP contribution in [0.2, 0.25) is 0 Å². The van der Waals surface area contributed by atoms with E-state index in [1.807, 2.05) is 0 Å². The molecule has 1 saturated heterocycles. The van der Waals surface area contributed by atoms with Gasteiger partial charge in [0.25, 0.3) is 0 Å². The third-order valence-electron chi connectivity index (χ3n) is 2.15. The number of aliphatic hydroxyl groups is 1. The molecular weight excluding hydrogens is 176 g/mol. The van der Waals surface area contributed by atoms with Gasteiger partial charge in [-0.2, -0.15) is 9.81 Å². The van der Waals surface area contributed by atoms with E-state index >= 15 is 0 Å². The lowest BCUT2D eigenvalue weighted by Gasteiger charge is -2.33. The first-order valence-corrected chi connectivity index (χ1v) is 4.14. The second kappa shape index (κ2) is 4.38. The van der Waals surface area contributed by atoms with Crippen LogP contribution in [0.5, 0.6) is 0 Å². The van der Waals surface area contributed by atoms with E-state index in [9.17, 15) is 14.9 Å². The van der Waals surface area contributed by atoms with Crippen LogP contribution in [0.4, 0.5) is 0 Å². The Hall–Kier alpha value is -0.880. The van der Waals surface area contributed by atoms with Crippen LogP contribution in [0.25, 0.3) is 0 Å². The van der Waals surface area contributed by atoms with Crippen molar-refractivity contribution in [1.82, 2.24) is 0 Å². The van der Waals surface area contributed by atoms with Crippen molar-refractivity contribution in [2.75, 3.05) is 6.54 Å². The fraction of sp³-hybridized carbons (Fsp3) is 1.00. The predicted molar refractivity (Wildman–Crippen MR) is 45.2 cm³/mol. The van der Waals surface area contributed by atoms with E-state index in [1.54, 1.807) is 6.92 Å². The van der Waals surface area contributed by atoms with Crippen LogP contribution in [0, 0.1) is 9.81 Å². The summed E-state index contributed by atoms with van der Waals surface area (Å²) in [4.78, 5) is 20.3. The fourth-order valence-electron chi connectivity index (χ4n) is 1.49. The molecule has 6 nitrogen and oxygen atoms in total. The third kappa shape index (κ3) is 2.28. The highest BCUT2D eigenvalue weighted by Gasteiger charge is 2.37. The number of nitrogens with zero attached hydrogens (tertiary/aromatic N) is 2. The molecule has 13 heavy (non-hydrogen) atoms. The molecule has 6 heteroatoms.